The fourth-order valence-electron chi connectivity index (χ4n) is 4.79. The van der Waals surface area contributed by atoms with Crippen LogP contribution >= 0.6 is 11.6 Å². The van der Waals surface area contributed by atoms with Crippen LogP contribution in [-0.2, 0) is 13.0 Å². The van der Waals surface area contributed by atoms with Crippen LogP contribution in [0.5, 0.6) is 11.5 Å². The van der Waals surface area contributed by atoms with Gasteiger partial charge in [-0.3, -0.25) is 0 Å². The highest BCUT2D eigenvalue weighted by atomic mass is 35.5. The zero-order valence-corrected chi connectivity index (χ0v) is 21.8. The van der Waals surface area contributed by atoms with Crippen molar-refractivity contribution in [1.29, 1.82) is 0 Å². The van der Waals surface area contributed by atoms with Crippen LogP contribution in [0.3, 0.4) is 0 Å². The molecule has 0 bridgehead atoms. The number of ether oxygens (including phenoxy) is 2. The first kappa shape index (κ1) is 26.2. The maximum atomic E-state index is 12.6. The second-order valence-electron chi connectivity index (χ2n) is 9.38. The van der Waals surface area contributed by atoms with Gasteiger partial charge in [0.15, 0.2) is 0 Å². The van der Waals surface area contributed by atoms with Crippen molar-refractivity contribution in [3.63, 3.8) is 0 Å². The Bertz CT molecular complexity index is 1420. The lowest BCUT2D eigenvalue weighted by molar-refractivity contribution is -0.127. The number of nitrogens with zero attached hydrogens (tertiary/aromatic N) is 3. The lowest BCUT2D eigenvalue weighted by Crippen LogP contribution is -2.32. The lowest BCUT2D eigenvalue weighted by atomic mass is 10.1. The van der Waals surface area contributed by atoms with E-state index in [4.69, 9.17) is 26.1 Å². The molecule has 1 fully saturated rings. The van der Waals surface area contributed by atoms with Crippen LogP contribution in [0.15, 0.2) is 60.9 Å². The summed E-state index contributed by atoms with van der Waals surface area (Å²) in [4.78, 5) is 7.12. The van der Waals surface area contributed by atoms with Crippen LogP contribution < -0.4 is 19.7 Å². The molecule has 1 aliphatic heterocycles. The van der Waals surface area contributed by atoms with Gasteiger partial charge in [0.1, 0.15) is 17.1 Å². The predicted molar refractivity (Wildman–Crippen MR) is 142 cm³/mol. The van der Waals surface area contributed by atoms with E-state index in [-0.39, 0.29) is 11.6 Å². The van der Waals surface area contributed by atoms with Gasteiger partial charge in [-0.15, -0.1) is 0 Å². The molecule has 38 heavy (non-hydrogen) atoms. The van der Waals surface area contributed by atoms with Gasteiger partial charge in [0.05, 0.1) is 31.4 Å². The summed E-state index contributed by atoms with van der Waals surface area (Å²) in [5, 5.41) is 4.01. The molecule has 3 heterocycles. The van der Waals surface area contributed by atoms with Crippen molar-refractivity contribution in [3.05, 3.63) is 77.1 Å². The van der Waals surface area contributed by atoms with E-state index >= 15 is 0 Å². The maximum Gasteiger partial charge on any atom is 0.393 e. The van der Waals surface area contributed by atoms with E-state index in [9.17, 15) is 13.2 Å². The highest BCUT2D eigenvalue weighted by Crippen LogP contribution is 2.38. The molecule has 2 aromatic carbocycles. The van der Waals surface area contributed by atoms with Crippen molar-refractivity contribution in [2.45, 2.75) is 31.6 Å². The molecule has 0 saturated carbocycles. The van der Waals surface area contributed by atoms with Crippen LogP contribution in [0.2, 0.25) is 5.02 Å². The minimum atomic E-state index is -4.19. The van der Waals surface area contributed by atoms with Crippen molar-refractivity contribution in [2.24, 2.45) is 0 Å². The molecule has 0 radical (unpaired) electrons. The van der Waals surface area contributed by atoms with Crippen molar-refractivity contribution in [1.82, 2.24) is 14.7 Å². The Kier molecular flexibility index (Phi) is 7.40. The number of aromatic nitrogens is 2. The molecule has 1 atom stereocenters. The molecule has 1 saturated heterocycles. The predicted octanol–water partition coefficient (Wildman–Crippen LogP) is 6.15. The third kappa shape index (κ3) is 5.84. The summed E-state index contributed by atoms with van der Waals surface area (Å²) in [6, 6.07) is 14.6. The SMILES string of the molecule is COc1cc(OC)c(-c2cn3ccc(N4CC[C@H](NCc5ccc(CC(F)(F)F)cc5)C4)cc3n2)cc1Cl. The summed E-state index contributed by atoms with van der Waals surface area (Å²) < 4.78 is 50.5. The lowest BCUT2D eigenvalue weighted by Gasteiger charge is -2.19. The Morgan fingerprint density at radius 3 is 2.47 bits per heavy atom. The van der Waals surface area contributed by atoms with Gasteiger partial charge in [-0.25, -0.2) is 4.98 Å². The number of benzene rings is 2. The summed E-state index contributed by atoms with van der Waals surface area (Å²) in [6.45, 7) is 2.34. The van der Waals surface area contributed by atoms with Gasteiger partial charge in [0, 0.05) is 61.5 Å². The molecule has 2 aromatic heterocycles. The second-order valence-corrected chi connectivity index (χ2v) is 9.79. The zero-order valence-electron chi connectivity index (χ0n) is 21.1. The Morgan fingerprint density at radius 2 is 1.76 bits per heavy atom. The first-order chi connectivity index (χ1) is 18.2. The molecular weight excluding hydrogens is 517 g/mol. The quantitative estimate of drug-likeness (QED) is 0.288. The van der Waals surface area contributed by atoms with Crippen LogP contribution in [0.25, 0.3) is 16.9 Å². The first-order valence-electron chi connectivity index (χ1n) is 12.3. The number of methoxy groups -OCH3 is 2. The summed E-state index contributed by atoms with van der Waals surface area (Å²) in [7, 11) is 3.16. The number of anilines is 1. The molecule has 200 valence electrons. The molecule has 1 aliphatic rings. The summed E-state index contributed by atoms with van der Waals surface area (Å²) in [6.07, 6.45) is -0.193. The Hall–Kier alpha value is -3.43. The molecule has 1 N–H and O–H groups in total. The Morgan fingerprint density at radius 1 is 1.03 bits per heavy atom. The summed E-state index contributed by atoms with van der Waals surface area (Å²) in [5.74, 6) is 1.16. The molecular formula is C28H28ClF3N4O2. The van der Waals surface area contributed by atoms with Gasteiger partial charge in [-0.05, 0) is 29.7 Å². The number of alkyl halides is 3. The zero-order chi connectivity index (χ0) is 26.9. The Labute approximate surface area is 223 Å². The van der Waals surface area contributed by atoms with Crippen LogP contribution in [-0.4, -0.2) is 48.9 Å². The summed E-state index contributed by atoms with van der Waals surface area (Å²) >= 11 is 6.36. The number of hydrogen-bond acceptors (Lipinski definition) is 5. The third-order valence-electron chi connectivity index (χ3n) is 6.77. The average Bonchev–Trinajstić information content (AvgIpc) is 3.54. The molecule has 0 aliphatic carbocycles. The number of nitrogens with one attached hydrogen (secondary N) is 1. The van der Waals surface area contributed by atoms with E-state index in [0.717, 1.165) is 47.7 Å². The Balaban J connectivity index is 1.24. The molecule has 5 rings (SSSR count). The average molecular weight is 545 g/mol. The van der Waals surface area contributed by atoms with Gasteiger partial charge in [-0.1, -0.05) is 35.9 Å². The molecule has 6 nitrogen and oxygen atoms in total. The molecule has 0 amide bonds. The number of halogens is 4. The smallest absolute Gasteiger partial charge is 0.393 e. The van der Waals surface area contributed by atoms with Gasteiger partial charge in [0.25, 0.3) is 0 Å². The number of hydrogen-bond donors (Lipinski definition) is 1. The minimum absolute atomic E-state index is 0.277. The van der Waals surface area contributed by atoms with E-state index in [2.05, 4.69) is 22.3 Å². The van der Waals surface area contributed by atoms with Gasteiger partial charge >= 0.3 is 6.18 Å². The standard InChI is InChI=1S/C28H28ClF3N4O2/c1-37-25-13-26(38-2)23(29)12-22(25)24-17-36-10-8-21(11-27(36)34-24)35-9-7-20(16-35)33-15-19-5-3-18(4-6-19)14-28(30,31)32/h3-6,8,10-13,17,20,33H,7,9,14-16H2,1-2H3/t20-/m0/s1. The van der Waals surface area contributed by atoms with Gasteiger partial charge in [-0.2, -0.15) is 13.2 Å². The van der Waals surface area contributed by atoms with Crippen LogP contribution in [0, 0.1) is 0 Å². The number of pyridine rings is 1. The highest BCUT2D eigenvalue weighted by molar-refractivity contribution is 6.32. The number of fused-ring (bicyclic) bond motifs is 1. The number of imidazole rings is 1. The van der Waals surface area contributed by atoms with E-state index in [1.807, 2.05) is 16.8 Å². The first-order valence-corrected chi connectivity index (χ1v) is 12.6. The topological polar surface area (TPSA) is 51.0 Å². The summed E-state index contributed by atoms with van der Waals surface area (Å²) in [5.41, 5.74) is 4.65. The van der Waals surface area contributed by atoms with E-state index in [0.29, 0.717) is 23.1 Å². The minimum Gasteiger partial charge on any atom is -0.496 e. The third-order valence-corrected chi connectivity index (χ3v) is 7.06. The molecule has 0 spiro atoms. The number of rotatable bonds is 8. The fraction of sp³-hybridized carbons (Fsp3) is 0.321. The highest BCUT2D eigenvalue weighted by Gasteiger charge is 2.27. The fourth-order valence-corrected chi connectivity index (χ4v) is 5.03. The molecule has 10 heteroatoms. The van der Waals surface area contributed by atoms with E-state index < -0.39 is 12.6 Å². The molecule has 4 aromatic rings. The second kappa shape index (κ2) is 10.7. The van der Waals surface area contributed by atoms with Gasteiger partial charge in [0.2, 0.25) is 0 Å². The van der Waals surface area contributed by atoms with Crippen molar-refractivity contribution >= 4 is 22.9 Å². The maximum absolute atomic E-state index is 12.6. The van der Waals surface area contributed by atoms with E-state index in [1.165, 1.54) is 0 Å². The van der Waals surface area contributed by atoms with Crippen molar-refractivity contribution in [3.8, 4) is 22.8 Å². The van der Waals surface area contributed by atoms with E-state index in [1.54, 1.807) is 50.6 Å². The van der Waals surface area contributed by atoms with Crippen molar-refractivity contribution in [2.75, 3.05) is 32.2 Å². The van der Waals surface area contributed by atoms with Crippen LogP contribution in [0.4, 0.5) is 18.9 Å². The monoisotopic (exact) mass is 544 g/mol. The largest absolute Gasteiger partial charge is 0.496 e. The normalized spacial score (nSPS) is 15.8. The molecule has 0 unspecified atom stereocenters. The van der Waals surface area contributed by atoms with Crippen molar-refractivity contribution < 1.29 is 22.6 Å². The van der Waals surface area contributed by atoms with Gasteiger partial charge < -0.3 is 24.1 Å². The van der Waals surface area contributed by atoms with Crippen LogP contribution in [0.1, 0.15) is 17.5 Å².